The maximum atomic E-state index is 12.7. The molecule has 0 saturated carbocycles. The Balaban J connectivity index is 1.48. The number of rotatable bonds is 4. The first-order chi connectivity index (χ1) is 13.9. The fourth-order valence-corrected chi connectivity index (χ4v) is 5.36. The van der Waals surface area contributed by atoms with Gasteiger partial charge in [0.15, 0.2) is 0 Å². The van der Waals surface area contributed by atoms with E-state index in [1.807, 2.05) is 12.1 Å². The van der Waals surface area contributed by atoms with E-state index in [1.54, 1.807) is 41.3 Å². The lowest BCUT2D eigenvalue weighted by Gasteiger charge is -2.28. The molecule has 0 aromatic heterocycles. The van der Waals surface area contributed by atoms with Gasteiger partial charge in [-0.25, -0.2) is 8.42 Å². The third kappa shape index (κ3) is 4.12. The van der Waals surface area contributed by atoms with Crippen LogP contribution in [-0.2, 0) is 14.8 Å². The lowest BCUT2D eigenvalue weighted by atomic mass is 10.1. The van der Waals surface area contributed by atoms with Crippen LogP contribution < -0.4 is 14.5 Å². The van der Waals surface area contributed by atoms with Crippen LogP contribution in [-0.4, -0.2) is 39.1 Å². The summed E-state index contributed by atoms with van der Waals surface area (Å²) in [7, 11) is -3.33. The van der Waals surface area contributed by atoms with Crippen molar-refractivity contribution in [3.8, 4) is 0 Å². The van der Waals surface area contributed by atoms with Gasteiger partial charge in [-0.05, 0) is 61.7 Å². The number of amides is 2. The van der Waals surface area contributed by atoms with Crippen LogP contribution in [0.25, 0.3) is 0 Å². The number of sulfonamides is 1. The van der Waals surface area contributed by atoms with Gasteiger partial charge in [0.2, 0.25) is 15.9 Å². The Bertz CT molecular complexity index is 1030. The van der Waals surface area contributed by atoms with E-state index in [2.05, 4.69) is 5.32 Å². The number of carbonyl (C=O) groups is 2. The molecule has 152 valence electrons. The monoisotopic (exact) mass is 413 g/mol. The molecule has 8 heteroatoms. The molecule has 4 rings (SSSR count). The van der Waals surface area contributed by atoms with E-state index in [0.717, 1.165) is 25.1 Å². The molecule has 0 atom stereocenters. The lowest BCUT2D eigenvalue weighted by molar-refractivity contribution is -0.117. The van der Waals surface area contributed by atoms with Crippen LogP contribution in [0.15, 0.2) is 48.5 Å². The average Bonchev–Trinajstić information content (AvgIpc) is 3.14. The molecule has 0 bridgehead atoms. The quantitative estimate of drug-likeness (QED) is 0.835. The Morgan fingerprint density at radius 2 is 1.72 bits per heavy atom. The minimum atomic E-state index is -3.33. The maximum absolute atomic E-state index is 12.7. The zero-order chi connectivity index (χ0) is 20.4. The molecule has 1 N–H and O–H groups in total. The Kier molecular flexibility index (Phi) is 5.27. The normalized spacial score (nSPS) is 18.7. The Morgan fingerprint density at radius 1 is 0.931 bits per heavy atom. The van der Waals surface area contributed by atoms with Crippen molar-refractivity contribution < 1.29 is 18.0 Å². The second-order valence-corrected chi connectivity index (χ2v) is 9.31. The van der Waals surface area contributed by atoms with Crippen molar-refractivity contribution in [2.24, 2.45) is 0 Å². The van der Waals surface area contributed by atoms with Crippen molar-refractivity contribution in [3.63, 3.8) is 0 Å². The minimum Gasteiger partial charge on any atom is -0.322 e. The van der Waals surface area contributed by atoms with Gasteiger partial charge in [-0.2, -0.15) is 0 Å². The second-order valence-electron chi connectivity index (χ2n) is 7.30. The summed E-state index contributed by atoms with van der Waals surface area (Å²) in [6, 6.07) is 13.8. The molecule has 7 nitrogen and oxygen atoms in total. The molecular formula is C21H23N3O4S. The summed E-state index contributed by atoms with van der Waals surface area (Å²) in [5.74, 6) is -0.0625. The van der Waals surface area contributed by atoms with Gasteiger partial charge < -0.3 is 10.2 Å². The molecule has 0 unspecified atom stereocenters. The summed E-state index contributed by atoms with van der Waals surface area (Å²) in [6.45, 7) is 1.15. The third-order valence-electron chi connectivity index (χ3n) is 5.26. The van der Waals surface area contributed by atoms with Crippen LogP contribution in [0.4, 0.5) is 17.1 Å². The molecule has 2 aromatic carbocycles. The van der Waals surface area contributed by atoms with Crippen molar-refractivity contribution >= 4 is 38.9 Å². The number of benzene rings is 2. The highest BCUT2D eigenvalue weighted by molar-refractivity contribution is 7.92. The fourth-order valence-electron chi connectivity index (χ4n) is 3.73. The Labute approximate surface area is 170 Å². The molecule has 2 saturated heterocycles. The molecule has 29 heavy (non-hydrogen) atoms. The largest absolute Gasteiger partial charge is 0.322 e. The van der Waals surface area contributed by atoms with Crippen LogP contribution in [0.1, 0.15) is 36.0 Å². The Morgan fingerprint density at radius 3 is 2.41 bits per heavy atom. The van der Waals surface area contributed by atoms with Crippen LogP contribution in [0.3, 0.4) is 0 Å². The average molecular weight is 413 g/mol. The molecule has 2 aromatic rings. The van der Waals surface area contributed by atoms with Crippen molar-refractivity contribution in [2.45, 2.75) is 25.7 Å². The third-order valence-corrected chi connectivity index (χ3v) is 7.13. The van der Waals surface area contributed by atoms with E-state index in [9.17, 15) is 18.0 Å². The van der Waals surface area contributed by atoms with Crippen LogP contribution in [0, 0.1) is 0 Å². The molecule has 2 amide bonds. The molecule has 0 radical (unpaired) electrons. The smallest absolute Gasteiger partial charge is 0.255 e. The Hall–Kier alpha value is -2.87. The highest BCUT2D eigenvalue weighted by Crippen LogP contribution is 2.26. The summed E-state index contributed by atoms with van der Waals surface area (Å²) >= 11 is 0. The number of anilines is 3. The lowest BCUT2D eigenvalue weighted by Crippen LogP contribution is -2.37. The number of hydrogen-bond donors (Lipinski definition) is 1. The van der Waals surface area contributed by atoms with E-state index < -0.39 is 10.0 Å². The SMILES string of the molecule is O=C(Nc1ccc(N2CCCC2=O)cc1)c1cccc(N2CCCCS2(=O)=O)c1. The summed E-state index contributed by atoms with van der Waals surface area (Å²) in [5.41, 5.74) is 2.34. The zero-order valence-electron chi connectivity index (χ0n) is 16.0. The molecule has 2 aliphatic rings. The van der Waals surface area contributed by atoms with Gasteiger partial charge in [-0.1, -0.05) is 6.07 Å². The first kappa shape index (κ1) is 19.4. The number of nitrogens with one attached hydrogen (secondary N) is 1. The minimum absolute atomic E-state index is 0.117. The van der Waals surface area contributed by atoms with Crippen molar-refractivity contribution in [2.75, 3.05) is 33.4 Å². The molecule has 2 heterocycles. The molecule has 2 fully saturated rings. The molecular weight excluding hydrogens is 390 g/mol. The number of carbonyl (C=O) groups excluding carboxylic acids is 2. The summed E-state index contributed by atoms with van der Waals surface area (Å²) in [5, 5.41) is 2.83. The first-order valence-electron chi connectivity index (χ1n) is 9.76. The topological polar surface area (TPSA) is 86.8 Å². The van der Waals surface area contributed by atoms with Gasteiger partial charge >= 0.3 is 0 Å². The van der Waals surface area contributed by atoms with E-state index in [4.69, 9.17) is 0 Å². The van der Waals surface area contributed by atoms with Crippen LogP contribution in [0.5, 0.6) is 0 Å². The summed E-state index contributed by atoms with van der Waals surface area (Å²) in [4.78, 5) is 26.2. The van der Waals surface area contributed by atoms with Gasteiger partial charge in [0, 0.05) is 36.4 Å². The van der Waals surface area contributed by atoms with Gasteiger partial charge in [0.25, 0.3) is 5.91 Å². The first-order valence-corrected chi connectivity index (χ1v) is 11.4. The van der Waals surface area contributed by atoms with E-state index in [-0.39, 0.29) is 17.6 Å². The van der Waals surface area contributed by atoms with Crippen molar-refractivity contribution in [1.82, 2.24) is 0 Å². The number of hydrogen-bond acceptors (Lipinski definition) is 4. The molecule has 2 aliphatic heterocycles. The summed E-state index contributed by atoms with van der Waals surface area (Å²) < 4.78 is 26.0. The zero-order valence-corrected chi connectivity index (χ0v) is 16.8. The number of nitrogens with zero attached hydrogens (tertiary/aromatic N) is 2. The predicted octanol–water partition coefficient (Wildman–Crippen LogP) is 3.00. The van der Waals surface area contributed by atoms with Crippen LogP contribution >= 0.6 is 0 Å². The van der Waals surface area contributed by atoms with Crippen molar-refractivity contribution in [1.29, 1.82) is 0 Å². The molecule has 0 aliphatic carbocycles. The van der Waals surface area contributed by atoms with Gasteiger partial charge in [0.05, 0.1) is 11.4 Å². The van der Waals surface area contributed by atoms with E-state index in [0.29, 0.717) is 36.3 Å². The predicted molar refractivity (Wildman–Crippen MR) is 113 cm³/mol. The van der Waals surface area contributed by atoms with Crippen LogP contribution in [0.2, 0.25) is 0 Å². The van der Waals surface area contributed by atoms with Gasteiger partial charge in [0.1, 0.15) is 0 Å². The van der Waals surface area contributed by atoms with Gasteiger partial charge in [-0.15, -0.1) is 0 Å². The fraction of sp³-hybridized carbons (Fsp3) is 0.333. The molecule has 0 spiro atoms. The highest BCUT2D eigenvalue weighted by Gasteiger charge is 2.26. The van der Waals surface area contributed by atoms with E-state index >= 15 is 0 Å². The van der Waals surface area contributed by atoms with Gasteiger partial charge in [-0.3, -0.25) is 13.9 Å². The summed E-state index contributed by atoms with van der Waals surface area (Å²) in [6.07, 6.45) is 2.90. The highest BCUT2D eigenvalue weighted by atomic mass is 32.2. The maximum Gasteiger partial charge on any atom is 0.255 e. The van der Waals surface area contributed by atoms with Crippen molar-refractivity contribution in [3.05, 3.63) is 54.1 Å². The van der Waals surface area contributed by atoms with E-state index in [1.165, 1.54) is 4.31 Å². The second kappa shape index (κ2) is 7.87. The standard InChI is InChI=1S/C21H23N3O4S/c25-20-7-4-12-23(20)18-10-8-17(9-11-18)22-21(26)16-5-3-6-19(15-16)24-13-1-2-14-29(24,27)28/h3,5-6,8-11,15H,1-2,4,7,12-14H2,(H,22,26).